The molecule has 1 saturated heterocycles. The molecule has 10 nitrogen and oxygen atoms in total. The molecule has 3 aromatic heterocycles. The van der Waals surface area contributed by atoms with Crippen LogP contribution in [0.15, 0.2) is 49.1 Å². The number of sulfone groups is 1. The molecule has 0 bridgehead atoms. The highest BCUT2D eigenvalue weighted by Crippen LogP contribution is 2.37. The van der Waals surface area contributed by atoms with Crippen molar-refractivity contribution in [3.8, 4) is 11.4 Å². The lowest BCUT2D eigenvalue weighted by Crippen LogP contribution is -2.49. The molecule has 4 heterocycles. The fourth-order valence-corrected chi connectivity index (χ4v) is 5.95. The van der Waals surface area contributed by atoms with Gasteiger partial charge in [0.1, 0.15) is 21.5 Å². The Bertz CT molecular complexity index is 1550. The molecule has 5 rings (SSSR count). The van der Waals surface area contributed by atoms with E-state index in [0.717, 1.165) is 35.1 Å². The van der Waals surface area contributed by atoms with Crippen LogP contribution in [0.2, 0.25) is 0 Å². The molecule has 0 aliphatic carbocycles. The number of nitrogens with zero attached hydrogens (tertiary/aromatic N) is 6. The van der Waals surface area contributed by atoms with Crippen LogP contribution in [-0.4, -0.2) is 72.0 Å². The Balaban J connectivity index is 1.39. The molecule has 0 atom stereocenters. The lowest BCUT2D eigenvalue weighted by Gasteiger charge is -2.41. The van der Waals surface area contributed by atoms with Gasteiger partial charge in [-0.05, 0) is 35.1 Å². The number of hydrogen-bond acceptors (Lipinski definition) is 9. The first-order valence-electron chi connectivity index (χ1n) is 12.7. The highest BCUT2D eigenvalue weighted by molar-refractivity contribution is 7.90. The summed E-state index contributed by atoms with van der Waals surface area (Å²) in [6, 6.07) is 8.17. The van der Waals surface area contributed by atoms with Gasteiger partial charge in [-0.15, -0.1) is 0 Å². The van der Waals surface area contributed by atoms with Crippen molar-refractivity contribution in [2.24, 2.45) is 5.92 Å². The number of pyridine rings is 1. The zero-order valence-electron chi connectivity index (χ0n) is 22.1. The zero-order chi connectivity index (χ0) is 26.9. The highest BCUT2D eigenvalue weighted by atomic mass is 32.2. The van der Waals surface area contributed by atoms with Gasteiger partial charge in [-0.3, -0.25) is 4.68 Å². The Morgan fingerprint density at radius 3 is 2.66 bits per heavy atom. The number of anilines is 3. The molecule has 4 aromatic rings. The van der Waals surface area contributed by atoms with E-state index in [1.165, 1.54) is 11.8 Å². The average Bonchev–Trinajstić information content (AvgIpc) is 3.33. The topological polar surface area (TPSA) is 115 Å². The van der Waals surface area contributed by atoms with Gasteiger partial charge in [0.05, 0.1) is 30.7 Å². The number of rotatable bonds is 10. The molecular formula is C27H33N7O3S. The Kier molecular flexibility index (Phi) is 7.31. The van der Waals surface area contributed by atoms with E-state index in [2.05, 4.69) is 57.3 Å². The van der Waals surface area contributed by atoms with E-state index in [1.54, 1.807) is 24.2 Å². The summed E-state index contributed by atoms with van der Waals surface area (Å²) >= 11 is 0. The van der Waals surface area contributed by atoms with Gasteiger partial charge in [0.15, 0.2) is 5.82 Å². The quantitative estimate of drug-likeness (QED) is 0.323. The smallest absolute Gasteiger partial charge is 0.164 e. The molecule has 1 aliphatic heterocycles. The normalized spacial score (nSPS) is 14.3. The molecule has 1 aromatic carbocycles. The fraction of sp³-hybridized carbons (Fsp3) is 0.407. The molecule has 1 N–H and O–H groups in total. The van der Waals surface area contributed by atoms with Crippen LogP contribution >= 0.6 is 0 Å². The molecule has 11 heteroatoms. The van der Waals surface area contributed by atoms with Gasteiger partial charge in [-0.1, -0.05) is 19.9 Å². The van der Waals surface area contributed by atoms with Crippen molar-refractivity contribution < 1.29 is 13.2 Å². The van der Waals surface area contributed by atoms with Crippen molar-refractivity contribution in [2.45, 2.75) is 26.3 Å². The third kappa shape index (κ3) is 5.78. The number of nitrogens with one attached hydrogen (secondary N) is 1. The second-order valence-electron chi connectivity index (χ2n) is 10.2. The highest BCUT2D eigenvalue weighted by Gasteiger charge is 2.31. The molecular weight excluding hydrogens is 502 g/mol. The van der Waals surface area contributed by atoms with Crippen LogP contribution in [0.3, 0.4) is 0 Å². The zero-order valence-corrected chi connectivity index (χ0v) is 22.9. The van der Waals surface area contributed by atoms with Crippen LogP contribution in [0, 0.1) is 5.92 Å². The standard InChI is InChI=1S/C27H33N7O3S/c1-18(2)21-5-6-24(33-14-19(15-33)17-38(4,35)36)23-13-29-26(11-22(21)23)31-25-7-8-28-27(32-25)20-12-30-34(16-20)9-10-37-3/h5-8,11-13,16,18-19H,9-10,14-15,17H2,1-4H3,(H,28,29,31,32). The van der Waals surface area contributed by atoms with Gasteiger partial charge >= 0.3 is 0 Å². The van der Waals surface area contributed by atoms with Crippen LogP contribution in [0.1, 0.15) is 25.3 Å². The molecule has 0 saturated carbocycles. The first-order valence-corrected chi connectivity index (χ1v) is 14.7. The SMILES string of the molecule is COCCn1cc(-c2nccc(Nc3cc4c(C(C)C)ccc(N5CC(CS(C)(=O)=O)C5)c4cn3)n2)cn1. The predicted molar refractivity (Wildman–Crippen MR) is 150 cm³/mol. The van der Waals surface area contributed by atoms with Gasteiger partial charge in [-0.25, -0.2) is 23.4 Å². The van der Waals surface area contributed by atoms with Gasteiger partial charge in [0, 0.05) is 62.0 Å². The number of benzene rings is 1. The van der Waals surface area contributed by atoms with Gasteiger partial charge in [0.2, 0.25) is 0 Å². The molecule has 1 aliphatic rings. The van der Waals surface area contributed by atoms with Crippen molar-refractivity contribution in [1.29, 1.82) is 0 Å². The molecule has 38 heavy (non-hydrogen) atoms. The fourth-order valence-electron chi connectivity index (χ4n) is 4.88. The number of aromatic nitrogens is 5. The van der Waals surface area contributed by atoms with Crippen molar-refractivity contribution >= 4 is 37.9 Å². The summed E-state index contributed by atoms with van der Waals surface area (Å²) in [7, 11) is -1.31. The summed E-state index contributed by atoms with van der Waals surface area (Å²) < 4.78 is 30.3. The Hall–Kier alpha value is -3.57. The van der Waals surface area contributed by atoms with E-state index in [1.807, 2.05) is 18.5 Å². The van der Waals surface area contributed by atoms with Crippen molar-refractivity contribution in [1.82, 2.24) is 24.7 Å². The largest absolute Gasteiger partial charge is 0.383 e. The minimum atomic E-state index is -2.98. The van der Waals surface area contributed by atoms with Crippen LogP contribution < -0.4 is 10.2 Å². The Morgan fingerprint density at radius 2 is 1.92 bits per heavy atom. The number of ether oxygens (including phenoxy) is 1. The first-order chi connectivity index (χ1) is 18.2. The lowest BCUT2D eigenvalue weighted by atomic mass is 9.93. The monoisotopic (exact) mass is 535 g/mol. The van der Waals surface area contributed by atoms with Crippen molar-refractivity contribution in [3.63, 3.8) is 0 Å². The molecule has 0 spiro atoms. The maximum atomic E-state index is 11.7. The van der Waals surface area contributed by atoms with E-state index in [9.17, 15) is 8.42 Å². The van der Waals surface area contributed by atoms with Crippen LogP contribution in [0.4, 0.5) is 17.3 Å². The summed E-state index contributed by atoms with van der Waals surface area (Å²) in [6.07, 6.45) is 8.56. The summed E-state index contributed by atoms with van der Waals surface area (Å²) in [5.74, 6) is 2.63. The van der Waals surface area contributed by atoms with Gasteiger partial charge in [0.25, 0.3) is 0 Å². The minimum Gasteiger partial charge on any atom is -0.383 e. The second kappa shape index (κ2) is 10.7. The second-order valence-corrected chi connectivity index (χ2v) is 12.4. The molecule has 0 radical (unpaired) electrons. The first kappa shape index (κ1) is 26.1. The number of hydrogen-bond donors (Lipinski definition) is 1. The van der Waals surface area contributed by atoms with Crippen LogP contribution in [0.5, 0.6) is 0 Å². The van der Waals surface area contributed by atoms with E-state index in [-0.39, 0.29) is 11.7 Å². The minimum absolute atomic E-state index is 0.165. The molecule has 200 valence electrons. The molecule has 0 amide bonds. The number of methoxy groups -OCH3 is 1. The number of fused-ring (bicyclic) bond motifs is 1. The van der Waals surface area contributed by atoms with E-state index >= 15 is 0 Å². The molecule has 0 unspecified atom stereocenters. The Morgan fingerprint density at radius 1 is 1.11 bits per heavy atom. The third-order valence-electron chi connectivity index (χ3n) is 6.70. The van der Waals surface area contributed by atoms with Gasteiger partial charge in [-0.2, -0.15) is 5.10 Å². The van der Waals surface area contributed by atoms with Crippen molar-refractivity contribution in [2.75, 3.05) is 49.0 Å². The molecule has 1 fully saturated rings. The summed E-state index contributed by atoms with van der Waals surface area (Å²) in [5.41, 5.74) is 3.14. The summed E-state index contributed by atoms with van der Waals surface area (Å²) in [5, 5.41) is 9.87. The summed E-state index contributed by atoms with van der Waals surface area (Å²) in [4.78, 5) is 16.0. The van der Waals surface area contributed by atoms with E-state index in [4.69, 9.17) is 9.72 Å². The predicted octanol–water partition coefficient (Wildman–Crippen LogP) is 3.88. The van der Waals surface area contributed by atoms with Crippen molar-refractivity contribution in [3.05, 3.63) is 54.6 Å². The maximum absolute atomic E-state index is 11.7. The average molecular weight is 536 g/mol. The maximum Gasteiger partial charge on any atom is 0.164 e. The van der Waals surface area contributed by atoms with E-state index in [0.29, 0.717) is 36.5 Å². The van der Waals surface area contributed by atoms with Gasteiger partial charge < -0.3 is 15.0 Å². The van der Waals surface area contributed by atoms with Crippen LogP contribution in [0.25, 0.3) is 22.2 Å². The summed E-state index contributed by atoms with van der Waals surface area (Å²) in [6.45, 7) is 7.06. The Labute approximate surface area is 223 Å². The third-order valence-corrected chi connectivity index (χ3v) is 7.77. The van der Waals surface area contributed by atoms with E-state index < -0.39 is 9.84 Å². The van der Waals surface area contributed by atoms with Crippen LogP contribution in [-0.2, 0) is 21.1 Å². The lowest BCUT2D eigenvalue weighted by molar-refractivity contribution is 0.183.